The first kappa shape index (κ1) is 20.5. The predicted molar refractivity (Wildman–Crippen MR) is 110 cm³/mol. The van der Waals surface area contributed by atoms with E-state index in [1.54, 1.807) is 0 Å². The summed E-state index contributed by atoms with van der Waals surface area (Å²) in [6, 6.07) is 8.21. The maximum absolute atomic E-state index is 12.1. The highest BCUT2D eigenvalue weighted by atomic mass is 16.5. The smallest absolute Gasteiger partial charge is 0.227 e. The van der Waals surface area contributed by atoms with Gasteiger partial charge in [-0.3, -0.25) is 4.79 Å². The highest BCUT2D eigenvalue weighted by Crippen LogP contribution is 2.20. The number of benzene rings is 1. The van der Waals surface area contributed by atoms with Gasteiger partial charge in [-0.1, -0.05) is 56.1 Å². The Morgan fingerprint density at radius 3 is 2.54 bits per heavy atom. The molecular weight excluding hydrogens is 352 g/mol. The van der Waals surface area contributed by atoms with Gasteiger partial charge in [0.25, 0.3) is 0 Å². The van der Waals surface area contributed by atoms with Crippen LogP contribution in [0.1, 0.15) is 63.3 Å². The Bertz CT molecular complexity index is 731. The molecule has 2 aromatic rings. The van der Waals surface area contributed by atoms with Crippen molar-refractivity contribution in [1.82, 2.24) is 20.4 Å². The molecule has 1 aliphatic rings. The number of carbonyl (C=O) groups excluding carboxylic acids is 1. The van der Waals surface area contributed by atoms with Crippen LogP contribution in [-0.2, 0) is 11.2 Å². The molecule has 0 radical (unpaired) electrons. The van der Waals surface area contributed by atoms with E-state index in [1.165, 1.54) is 31.2 Å². The molecule has 0 atom stereocenters. The zero-order chi connectivity index (χ0) is 19.8. The van der Waals surface area contributed by atoms with E-state index in [0.29, 0.717) is 37.0 Å². The third-order valence-corrected chi connectivity index (χ3v) is 5.32. The first-order valence-electron chi connectivity index (χ1n) is 10.5. The summed E-state index contributed by atoms with van der Waals surface area (Å²) in [5.74, 6) is 1.61. The van der Waals surface area contributed by atoms with Crippen molar-refractivity contribution in [3.63, 3.8) is 0 Å². The van der Waals surface area contributed by atoms with Crippen LogP contribution in [0.3, 0.4) is 0 Å². The summed E-state index contributed by atoms with van der Waals surface area (Å²) in [6.45, 7) is 8.28. The highest BCUT2D eigenvalue weighted by molar-refractivity contribution is 5.76. The van der Waals surface area contributed by atoms with Gasteiger partial charge in [0.1, 0.15) is 0 Å². The molecule has 0 saturated carbocycles. The molecule has 3 rings (SSSR count). The van der Waals surface area contributed by atoms with Crippen LogP contribution in [0.25, 0.3) is 11.4 Å². The van der Waals surface area contributed by atoms with Crippen LogP contribution >= 0.6 is 0 Å². The van der Waals surface area contributed by atoms with Crippen molar-refractivity contribution in [2.45, 2.75) is 58.3 Å². The minimum Gasteiger partial charge on any atom is -0.355 e. The number of likely N-dealkylation sites (tertiary alicyclic amines) is 1. The second-order valence-corrected chi connectivity index (χ2v) is 7.89. The standard InChI is InChI=1S/C22H32N4O2/c1-17(2)18-7-9-19(10-8-18)22-24-21(28-25-22)12-11-20(27)23-13-16-26-14-5-3-4-6-15-26/h7-10,17H,3-6,11-16H2,1-2H3,(H,23,27). The second-order valence-electron chi connectivity index (χ2n) is 7.89. The lowest BCUT2D eigenvalue weighted by Gasteiger charge is -2.19. The van der Waals surface area contributed by atoms with E-state index in [9.17, 15) is 4.79 Å². The molecule has 28 heavy (non-hydrogen) atoms. The van der Waals surface area contributed by atoms with E-state index in [1.807, 2.05) is 12.1 Å². The lowest BCUT2D eigenvalue weighted by molar-refractivity contribution is -0.121. The van der Waals surface area contributed by atoms with Crippen molar-refractivity contribution in [1.29, 1.82) is 0 Å². The van der Waals surface area contributed by atoms with Gasteiger partial charge >= 0.3 is 0 Å². The minimum atomic E-state index is 0.0378. The summed E-state index contributed by atoms with van der Waals surface area (Å²) < 4.78 is 5.31. The van der Waals surface area contributed by atoms with Crippen molar-refractivity contribution in [2.24, 2.45) is 0 Å². The molecule has 6 heteroatoms. The third-order valence-electron chi connectivity index (χ3n) is 5.32. The van der Waals surface area contributed by atoms with Crippen LogP contribution < -0.4 is 5.32 Å². The SMILES string of the molecule is CC(C)c1ccc(-c2noc(CCC(=O)NCCN3CCCCCC3)n2)cc1. The molecule has 0 unspecified atom stereocenters. The van der Waals surface area contributed by atoms with Gasteiger partial charge in [-0.25, -0.2) is 0 Å². The molecule has 1 aromatic heterocycles. The maximum Gasteiger partial charge on any atom is 0.227 e. The average Bonchev–Trinajstić information content (AvgIpc) is 3.02. The summed E-state index contributed by atoms with van der Waals surface area (Å²) >= 11 is 0. The number of carbonyl (C=O) groups is 1. The number of nitrogens with one attached hydrogen (secondary N) is 1. The van der Waals surface area contributed by atoms with Gasteiger partial charge in [-0.15, -0.1) is 0 Å². The number of rotatable bonds is 8. The zero-order valence-corrected chi connectivity index (χ0v) is 17.1. The van der Waals surface area contributed by atoms with Crippen molar-refractivity contribution in [3.8, 4) is 11.4 Å². The number of aryl methyl sites for hydroxylation is 1. The first-order chi connectivity index (χ1) is 13.6. The summed E-state index contributed by atoms with van der Waals surface area (Å²) in [4.78, 5) is 19.0. The maximum atomic E-state index is 12.1. The molecule has 152 valence electrons. The largest absolute Gasteiger partial charge is 0.355 e. The molecule has 0 bridgehead atoms. The molecule has 0 aliphatic carbocycles. The van der Waals surface area contributed by atoms with Crippen LogP contribution in [0.15, 0.2) is 28.8 Å². The fourth-order valence-corrected chi connectivity index (χ4v) is 3.51. The van der Waals surface area contributed by atoms with E-state index in [0.717, 1.165) is 25.2 Å². The number of hydrogen-bond acceptors (Lipinski definition) is 5. The van der Waals surface area contributed by atoms with Gasteiger partial charge in [0.15, 0.2) is 0 Å². The summed E-state index contributed by atoms with van der Waals surface area (Å²) in [5, 5.41) is 7.05. The molecule has 1 aliphatic heterocycles. The predicted octanol–water partition coefficient (Wildman–Crippen LogP) is 3.78. The number of nitrogens with zero attached hydrogens (tertiary/aromatic N) is 3. The molecule has 1 saturated heterocycles. The number of amides is 1. The molecule has 1 amide bonds. The van der Waals surface area contributed by atoms with Crippen LogP contribution in [0.4, 0.5) is 0 Å². The summed E-state index contributed by atoms with van der Waals surface area (Å²) in [7, 11) is 0. The fraction of sp³-hybridized carbons (Fsp3) is 0.591. The van der Waals surface area contributed by atoms with Crippen molar-refractivity contribution in [3.05, 3.63) is 35.7 Å². The summed E-state index contributed by atoms with van der Waals surface area (Å²) in [5.41, 5.74) is 2.21. The van der Waals surface area contributed by atoms with Crippen molar-refractivity contribution in [2.75, 3.05) is 26.2 Å². The van der Waals surface area contributed by atoms with Gasteiger partial charge in [0, 0.05) is 31.5 Å². The minimum absolute atomic E-state index is 0.0378. The molecule has 0 spiro atoms. The molecular formula is C22H32N4O2. The summed E-state index contributed by atoms with van der Waals surface area (Å²) in [6.07, 6.45) is 6.04. The van der Waals surface area contributed by atoms with E-state index in [4.69, 9.17) is 4.52 Å². The lowest BCUT2D eigenvalue weighted by Crippen LogP contribution is -2.35. The van der Waals surface area contributed by atoms with Gasteiger partial charge in [-0.2, -0.15) is 4.98 Å². The van der Waals surface area contributed by atoms with Crippen LogP contribution in [0.2, 0.25) is 0 Å². The first-order valence-corrected chi connectivity index (χ1v) is 10.5. The number of hydrogen-bond donors (Lipinski definition) is 1. The van der Waals surface area contributed by atoms with E-state index >= 15 is 0 Å². The second kappa shape index (κ2) is 10.4. The normalized spacial score (nSPS) is 15.5. The van der Waals surface area contributed by atoms with Gasteiger partial charge < -0.3 is 14.7 Å². The monoisotopic (exact) mass is 384 g/mol. The van der Waals surface area contributed by atoms with E-state index < -0.39 is 0 Å². The van der Waals surface area contributed by atoms with E-state index in [2.05, 4.69) is 46.3 Å². The van der Waals surface area contributed by atoms with Gasteiger partial charge in [0.2, 0.25) is 17.6 Å². The van der Waals surface area contributed by atoms with Crippen molar-refractivity contribution < 1.29 is 9.32 Å². The zero-order valence-electron chi connectivity index (χ0n) is 17.1. The average molecular weight is 385 g/mol. The van der Waals surface area contributed by atoms with Crippen LogP contribution in [0, 0.1) is 0 Å². The third kappa shape index (κ3) is 6.16. The van der Waals surface area contributed by atoms with Crippen molar-refractivity contribution >= 4 is 5.91 Å². The van der Waals surface area contributed by atoms with Gasteiger partial charge in [-0.05, 0) is 37.4 Å². The quantitative estimate of drug-likeness (QED) is 0.750. The molecule has 1 aromatic carbocycles. The Morgan fingerprint density at radius 1 is 1.14 bits per heavy atom. The van der Waals surface area contributed by atoms with Crippen LogP contribution in [0.5, 0.6) is 0 Å². The number of aromatic nitrogens is 2. The molecule has 2 heterocycles. The Kier molecular flexibility index (Phi) is 7.60. The lowest BCUT2D eigenvalue weighted by atomic mass is 10.0. The Balaban J connectivity index is 1.40. The Labute approximate surface area is 167 Å². The highest BCUT2D eigenvalue weighted by Gasteiger charge is 2.12. The fourth-order valence-electron chi connectivity index (χ4n) is 3.51. The Hall–Kier alpha value is -2.21. The molecule has 6 nitrogen and oxygen atoms in total. The van der Waals surface area contributed by atoms with Gasteiger partial charge in [0.05, 0.1) is 0 Å². The van der Waals surface area contributed by atoms with E-state index in [-0.39, 0.29) is 5.91 Å². The Morgan fingerprint density at radius 2 is 1.86 bits per heavy atom. The topological polar surface area (TPSA) is 71.3 Å². The van der Waals surface area contributed by atoms with Crippen LogP contribution in [-0.4, -0.2) is 47.1 Å². The molecule has 1 N–H and O–H groups in total. The molecule has 1 fully saturated rings.